The standard InChI is InChI=1S/C11H16N4O2/c1-12-8-11(17)14-7-4-10(16)15-9-2-5-13-6-3-9/h2-3,5-6,12H,4,7-8H2,1H3,(H,14,17)(H,13,15,16). The smallest absolute Gasteiger partial charge is 0.233 e. The summed E-state index contributed by atoms with van der Waals surface area (Å²) >= 11 is 0. The molecule has 1 aromatic rings. The highest BCUT2D eigenvalue weighted by Gasteiger charge is 2.03. The molecular formula is C11H16N4O2. The molecule has 0 saturated heterocycles. The molecule has 1 heterocycles. The molecule has 1 rings (SSSR count). The Morgan fingerprint density at radius 2 is 1.94 bits per heavy atom. The van der Waals surface area contributed by atoms with Crippen molar-refractivity contribution < 1.29 is 9.59 Å². The molecule has 2 amide bonds. The lowest BCUT2D eigenvalue weighted by molar-refractivity contribution is -0.120. The molecule has 0 fully saturated rings. The molecule has 17 heavy (non-hydrogen) atoms. The highest BCUT2D eigenvalue weighted by Crippen LogP contribution is 2.03. The zero-order valence-electron chi connectivity index (χ0n) is 9.69. The molecule has 0 aliphatic rings. The summed E-state index contributed by atoms with van der Waals surface area (Å²) in [6, 6.07) is 3.41. The Balaban J connectivity index is 2.20. The number of likely N-dealkylation sites (N-methyl/N-ethyl adjacent to an activating group) is 1. The van der Waals surface area contributed by atoms with Crippen LogP contribution < -0.4 is 16.0 Å². The molecule has 6 nitrogen and oxygen atoms in total. The van der Waals surface area contributed by atoms with Crippen LogP contribution in [-0.4, -0.2) is 36.9 Å². The van der Waals surface area contributed by atoms with Gasteiger partial charge in [0.2, 0.25) is 11.8 Å². The SMILES string of the molecule is CNCC(=O)NCCC(=O)Nc1ccncc1. The molecule has 0 aliphatic carbocycles. The van der Waals surface area contributed by atoms with Crippen molar-refractivity contribution in [3.05, 3.63) is 24.5 Å². The minimum Gasteiger partial charge on any atom is -0.354 e. The van der Waals surface area contributed by atoms with Crippen LogP contribution in [0.3, 0.4) is 0 Å². The number of rotatable bonds is 6. The van der Waals surface area contributed by atoms with Gasteiger partial charge in [-0.25, -0.2) is 0 Å². The number of carbonyl (C=O) groups excluding carboxylic acids is 2. The number of carbonyl (C=O) groups is 2. The first kappa shape index (κ1) is 13.1. The maximum atomic E-state index is 11.5. The number of pyridine rings is 1. The van der Waals surface area contributed by atoms with Crippen molar-refractivity contribution in [1.82, 2.24) is 15.6 Å². The van der Waals surface area contributed by atoms with E-state index in [-0.39, 0.29) is 24.8 Å². The van der Waals surface area contributed by atoms with Crippen molar-refractivity contribution in [1.29, 1.82) is 0 Å². The van der Waals surface area contributed by atoms with Crippen LogP contribution in [0.15, 0.2) is 24.5 Å². The Labute approximate surface area is 99.8 Å². The predicted octanol–water partition coefficient (Wildman–Crippen LogP) is -0.254. The van der Waals surface area contributed by atoms with Gasteiger partial charge in [0.25, 0.3) is 0 Å². The van der Waals surface area contributed by atoms with E-state index >= 15 is 0 Å². The van der Waals surface area contributed by atoms with Crippen LogP contribution in [0.1, 0.15) is 6.42 Å². The number of nitrogens with one attached hydrogen (secondary N) is 3. The normalized spacial score (nSPS) is 9.71. The molecule has 0 atom stereocenters. The molecule has 0 saturated carbocycles. The molecule has 3 N–H and O–H groups in total. The van der Waals surface area contributed by atoms with Crippen LogP contribution in [-0.2, 0) is 9.59 Å². The van der Waals surface area contributed by atoms with Crippen molar-refractivity contribution in [3.8, 4) is 0 Å². The van der Waals surface area contributed by atoms with Gasteiger partial charge in [-0.05, 0) is 19.2 Å². The van der Waals surface area contributed by atoms with E-state index in [4.69, 9.17) is 0 Å². The Hall–Kier alpha value is -1.95. The molecule has 0 unspecified atom stereocenters. The van der Waals surface area contributed by atoms with Crippen molar-refractivity contribution in [2.75, 3.05) is 25.5 Å². The van der Waals surface area contributed by atoms with Crippen molar-refractivity contribution >= 4 is 17.5 Å². The second-order valence-corrected chi connectivity index (χ2v) is 3.41. The average molecular weight is 236 g/mol. The fourth-order valence-electron chi connectivity index (χ4n) is 1.20. The van der Waals surface area contributed by atoms with Gasteiger partial charge in [-0.1, -0.05) is 0 Å². The summed E-state index contributed by atoms with van der Waals surface area (Å²) in [7, 11) is 1.69. The number of hydrogen-bond donors (Lipinski definition) is 3. The second-order valence-electron chi connectivity index (χ2n) is 3.41. The van der Waals surface area contributed by atoms with Gasteiger partial charge in [0.05, 0.1) is 6.54 Å². The summed E-state index contributed by atoms with van der Waals surface area (Å²) in [5, 5.41) is 8.05. The van der Waals surface area contributed by atoms with Crippen LogP contribution in [0, 0.1) is 0 Å². The lowest BCUT2D eigenvalue weighted by Gasteiger charge is -2.06. The first-order valence-corrected chi connectivity index (χ1v) is 5.33. The summed E-state index contributed by atoms with van der Waals surface area (Å²) in [6.45, 7) is 0.587. The molecule has 0 bridgehead atoms. The van der Waals surface area contributed by atoms with Gasteiger partial charge in [-0.3, -0.25) is 14.6 Å². The third-order valence-electron chi connectivity index (χ3n) is 1.98. The molecule has 0 radical (unpaired) electrons. The van der Waals surface area contributed by atoms with Gasteiger partial charge in [0.15, 0.2) is 0 Å². The first-order chi connectivity index (χ1) is 8.22. The van der Waals surface area contributed by atoms with Crippen LogP contribution in [0.4, 0.5) is 5.69 Å². The Bertz CT molecular complexity index is 367. The van der Waals surface area contributed by atoms with E-state index in [1.165, 1.54) is 0 Å². The highest BCUT2D eigenvalue weighted by molar-refractivity contribution is 5.91. The van der Waals surface area contributed by atoms with E-state index in [0.29, 0.717) is 12.2 Å². The molecule has 6 heteroatoms. The summed E-state index contributed by atoms with van der Waals surface area (Å²) < 4.78 is 0. The molecule has 92 valence electrons. The van der Waals surface area contributed by atoms with E-state index in [9.17, 15) is 9.59 Å². The van der Waals surface area contributed by atoms with Gasteiger partial charge in [-0.15, -0.1) is 0 Å². The van der Waals surface area contributed by atoms with E-state index in [2.05, 4.69) is 20.9 Å². The predicted molar refractivity (Wildman–Crippen MR) is 64.4 cm³/mol. The largest absolute Gasteiger partial charge is 0.354 e. The molecule has 1 aromatic heterocycles. The minimum absolute atomic E-state index is 0.121. The molecular weight excluding hydrogens is 220 g/mol. The number of hydrogen-bond acceptors (Lipinski definition) is 4. The summed E-state index contributed by atoms with van der Waals surface area (Å²) in [6.07, 6.45) is 3.45. The topological polar surface area (TPSA) is 83.1 Å². The van der Waals surface area contributed by atoms with Crippen molar-refractivity contribution in [2.24, 2.45) is 0 Å². The van der Waals surface area contributed by atoms with Crippen molar-refractivity contribution in [2.45, 2.75) is 6.42 Å². The molecule has 0 aromatic carbocycles. The van der Waals surface area contributed by atoms with Crippen molar-refractivity contribution in [3.63, 3.8) is 0 Å². The zero-order valence-corrected chi connectivity index (χ0v) is 9.69. The maximum Gasteiger partial charge on any atom is 0.233 e. The van der Waals surface area contributed by atoms with E-state index in [1.807, 2.05) is 0 Å². The fourth-order valence-corrected chi connectivity index (χ4v) is 1.20. The lowest BCUT2D eigenvalue weighted by atomic mass is 10.3. The summed E-state index contributed by atoms with van der Waals surface area (Å²) in [5.74, 6) is -0.259. The van der Waals surface area contributed by atoms with E-state index < -0.39 is 0 Å². The van der Waals surface area contributed by atoms with Gasteiger partial charge in [-0.2, -0.15) is 0 Å². The van der Waals surface area contributed by atoms with Crippen LogP contribution in [0.5, 0.6) is 0 Å². The minimum atomic E-state index is -0.138. The number of amides is 2. The Morgan fingerprint density at radius 3 is 2.59 bits per heavy atom. The van der Waals surface area contributed by atoms with E-state index in [1.54, 1.807) is 31.6 Å². The fraction of sp³-hybridized carbons (Fsp3) is 0.364. The van der Waals surface area contributed by atoms with Gasteiger partial charge in [0, 0.05) is 31.0 Å². The third-order valence-corrected chi connectivity index (χ3v) is 1.98. The second kappa shape index (κ2) is 7.34. The Kier molecular flexibility index (Phi) is 5.67. The average Bonchev–Trinajstić information content (AvgIpc) is 2.30. The van der Waals surface area contributed by atoms with Gasteiger partial charge in [0.1, 0.15) is 0 Å². The maximum absolute atomic E-state index is 11.5. The monoisotopic (exact) mass is 236 g/mol. The highest BCUT2D eigenvalue weighted by atomic mass is 16.2. The van der Waals surface area contributed by atoms with E-state index in [0.717, 1.165) is 0 Å². The number of nitrogens with zero attached hydrogens (tertiary/aromatic N) is 1. The summed E-state index contributed by atoms with van der Waals surface area (Å²) in [4.78, 5) is 26.4. The van der Waals surface area contributed by atoms with Crippen LogP contribution in [0.2, 0.25) is 0 Å². The lowest BCUT2D eigenvalue weighted by Crippen LogP contribution is -2.34. The molecule has 0 aliphatic heterocycles. The zero-order chi connectivity index (χ0) is 12.5. The third kappa shape index (κ3) is 5.62. The molecule has 0 spiro atoms. The number of anilines is 1. The first-order valence-electron chi connectivity index (χ1n) is 5.33. The Morgan fingerprint density at radius 1 is 1.24 bits per heavy atom. The number of aromatic nitrogens is 1. The van der Waals surface area contributed by atoms with Gasteiger partial charge < -0.3 is 16.0 Å². The van der Waals surface area contributed by atoms with Crippen LogP contribution in [0.25, 0.3) is 0 Å². The van der Waals surface area contributed by atoms with Gasteiger partial charge >= 0.3 is 0 Å². The quantitative estimate of drug-likeness (QED) is 0.636. The van der Waals surface area contributed by atoms with Crippen LogP contribution >= 0.6 is 0 Å². The summed E-state index contributed by atoms with van der Waals surface area (Å²) in [5.41, 5.74) is 0.701.